The van der Waals surface area contributed by atoms with Crippen molar-refractivity contribution < 1.29 is 15.0 Å². The molecular weight excluding hydrogens is 244 g/mol. The standard InChI is InChI=1S/C14H20N2O3/c15-8-2-4-10-5-3-9-16(10)14(19)13-11(17)6-1-7-12(13)18/h1,6-7,10,17-18H,2-5,8-9,15H2. The molecule has 0 spiro atoms. The van der Waals surface area contributed by atoms with E-state index >= 15 is 0 Å². The third-order valence-electron chi connectivity index (χ3n) is 3.61. The van der Waals surface area contributed by atoms with E-state index in [1.165, 1.54) is 18.2 Å². The number of hydrogen-bond donors (Lipinski definition) is 3. The Morgan fingerprint density at radius 3 is 2.68 bits per heavy atom. The zero-order chi connectivity index (χ0) is 13.8. The molecule has 1 amide bonds. The van der Waals surface area contributed by atoms with Gasteiger partial charge >= 0.3 is 0 Å². The summed E-state index contributed by atoms with van der Waals surface area (Å²) in [5.41, 5.74) is 5.51. The van der Waals surface area contributed by atoms with Crippen molar-refractivity contribution in [3.05, 3.63) is 23.8 Å². The SMILES string of the molecule is NCCCC1CCCN1C(=O)c1c(O)cccc1O. The highest BCUT2D eigenvalue weighted by Gasteiger charge is 2.31. The van der Waals surface area contributed by atoms with Crippen LogP contribution < -0.4 is 5.73 Å². The molecule has 0 aliphatic carbocycles. The summed E-state index contributed by atoms with van der Waals surface area (Å²) in [4.78, 5) is 14.2. The van der Waals surface area contributed by atoms with Crippen LogP contribution >= 0.6 is 0 Å². The van der Waals surface area contributed by atoms with Gasteiger partial charge in [0.25, 0.3) is 5.91 Å². The summed E-state index contributed by atoms with van der Waals surface area (Å²) in [5.74, 6) is -0.640. The molecule has 0 bridgehead atoms. The number of carbonyl (C=O) groups excluding carboxylic acids is 1. The van der Waals surface area contributed by atoms with E-state index in [4.69, 9.17) is 5.73 Å². The van der Waals surface area contributed by atoms with Gasteiger partial charge in [0.2, 0.25) is 0 Å². The van der Waals surface area contributed by atoms with Gasteiger partial charge in [-0.1, -0.05) is 6.07 Å². The molecule has 0 radical (unpaired) electrons. The molecule has 4 N–H and O–H groups in total. The van der Waals surface area contributed by atoms with Crippen LogP contribution in [-0.4, -0.2) is 40.2 Å². The lowest BCUT2D eigenvalue weighted by molar-refractivity contribution is 0.0723. The summed E-state index contributed by atoms with van der Waals surface area (Å²) >= 11 is 0. The molecule has 2 rings (SSSR count). The number of likely N-dealkylation sites (tertiary alicyclic amines) is 1. The van der Waals surface area contributed by atoms with Crippen LogP contribution in [-0.2, 0) is 0 Å². The number of aromatic hydroxyl groups is 2. The fourth-order valence-electron chi connectivity index (χ4n) is 2.65. The predicted molar refractivity (Wildman–Crippen MR) is 72.1 cm³/mol. The van der Waals surface area contributed by atoms with Crippen LogP contribution in [0.5, 0.6) is 11.5 Å². The van der Waals surface area contributed by atoms with Crippen LogP contribution in [0.25, 0.3) is 0 Å². The number of nitrogens with zero attached hydrogens (tertiary/aromatic N) is 1. The minimum atomic E-state index is -0.296. The van der Waals surface area contributed by atoms with Gasteiger partial charge in [-0.25, -0.2) is 0 Å². The van der Waals surface area contributed by atoms with Crippen molar-refractivity contribution >= 4 is 5.91 Å². The maximum atomic E-state index is 12.4. The van der Waals surface area contributed by atoms with Crippen molar-refractivity contribution in [1.82, 2.24) is 4.90 Å². The molecule has 1 aliphatic rings. The van der Waals surface area contributed by atoms with E-state index in [1.54, 1.807) is 4.90 Å². The van der Waals surface area contributed by atoms with E-state index in [0.29, 0.717) is 13.1 Å². The Balaban J connectivity index is 2.18. The molecule has 1 saturated heterocycles. The summed E-state index contributed by atoms with van der Waals surface area (Å²) < 4.78 is 0. The summed E-state index contributed by atoms with van der Waals surface area (Å²) in [6.07, 6.45) is 3.66. The molecule has 1 unspecified atom stereocenters. The van der Waals surface area contributed by atoms with Crippen molar-refractivity contribution in [3.8, 4) is 11.5 Å². The van der Waals surface area contributed by atoms with Gasteiger partial charge < -0.3 is 20.8 Å². The van der Waals surface area contributed by atoms with Gasteiger partial charge in [-0.3, -0.25) is 4.79 Å². The van der Waals surface area contributed by atoms with Crippen LogP contribution in [0.2, 0.25) is 0 Å². The van der Waals surface area contributed by atoms with Crippen LogP contribution in [0.1, 0.15) is 36.0 Å². The smallest absolute Gasteiger partial charge is 0.261 e. The molecule has 5 heteroatoms. The third-order valence-corrected chi connectivity index (χ3v) is 3.61. The lowest BCUT2D eigenvalue weighted by atomic mass is 10.1. The summed E-state index contributed by atoms with van der Waals surface area (Å²) in [6.45, 7) is 1.28. The summed E-state index contributed by atoms with van der Waals surface area (Å²) in [5, 5.41) is 19.5. The zero-order valence-corrected chi connectivity index (χ0v) is 10.9. The first-order valence-corrected chi connectivity index (χ1v) is 6.67. The Bertz CT molecular complexity index is 442. The van der Waals surface area contributed by atoms with Gasteiger partial charge in [0, 0.05) is 12.6 Å². The topological polar surface area (TPSA) is 86.8 Å². The Kier molecular flexibility index (Phi) is 4.27. The zero-order valence-electron chi connectivity index (χ0n) is 10.9. The van der Waals surface area contributed by atoms with E-state index < -0.39 is 0 Å². The molecule has 0 saturated carbocycles. The maximum Gasteiger partial charge on any atom is 0.261 e. The second-order valence-electron chi connectivity index (χ2n) is 4.90. The number of phenols is 2. The molecule has 1 aromatic rings. The summed E-state index contributed by atoms with van der Waals surface area (Å²) in [6, 6.07) is 4.50. The number of phenolic OH excluding ortho intramolecular Hbond substituents is 2. The molecule has 1 fully saturated rings. The van der Waals surface area contributed by atoms with Gasteiger partial charge in [-0.15, -0.1) is 0 Å². The van der Waals surface area contributed by atoms with E-state index in [-0.39, 0.29) is 29.0 Å². The second kappa shape index (κ2) is 5.93. The van der Waals surface area contributed by atoms with E-state index in [1.807, 2.05) is 0 Å². The van der Waals surface area contributed by atoms with E-state index in [9.17, 15) is 15.0 Å². The highest BCUT2D eigenvalue weighted by Crippen LogP contribution is 2.31. The number of carbonyl (C=O) groups is 1. The number of amides is 1. The van der Waals surface area contributed by atoms with Crippen molar-refractivity contribution in [2.45, 2.75) is 31.7 Å². The molecule has 1 aliphatic heterocycles. The van der Waals surface area contributed by atoms with Crippen molar-refractivity contribution in [1.29, 1.82) is 0 Å². The van der Waals surface area contributed by atoms with Crippen molar-refractivity contribution in [3.63, 3.8) is 0 Å². The second-order valence-corrected chi connectivity index (χ2v) is 4.90. The van der Waals surface area contributed by atoms with Crippen LogP contribution in [0.15, 0.2) is 18.2 Å². The quantitative estimate of drug-likeness (QED) is 0.768. The molecule has 1 atom stereocenters. The van der Waals surface area contributed by atoms with E-state index in [0.717, 1.165) is 25.7 Å². The summed E-state index contributed by atoms with van der Waals surface area (Å²) in [7, 11) is 0. The lowest BCUT2D eigenvalue weighted by Gasteiger charge is -2.25. The highest BCUT2D eigenvalue weighted by molar-refractivity contribution is 5.99. The number of hydrogen-bond acceptors (Lipinski definition) is 4. The first-order valence-electron chi connectivity index (χ1n) is 6.67. The first kappa shape index (κ1) is 13.7. The van der Waals surface area contributed by atoms with Crippen molar-refractivity contribution in [2.75, 3.05) is 13.1 Å². The van der Waals surface area contributed by atoms with Crippen LogP contribution in [0.3, 0.4) is 0 Å². The Hall–Kier alpha value is -1.75. The van der Waals surface area contributed by atoms with Gasteiger partial charge in [-0.2, -0.15) is 0 Å². The minimum absolute atomic E-state index is 0.00199. The molecule has 104 valence electrons. The van der Waals surface area contributed by atoms with Gasteiger partial charge in [0.05, 0.1) is 0 Å². The molecule has 19 heavy (non-hydrogen) atoms. The largest absolute Gasteiger partial charge is 0.507 e. The number of benzene rings is 1. The number of nitrogens with two attached hydrogens (primary N) is 1. The fourth-order valence-corrected chi connectivity index (χ4v) is 2.65. The fraction of sp³-hybridized carbons (Fsp3) is 0.500. The Morgan fingerprint density at radius 2 is 2.05 bits per heavy atom. The Morgan fingerprint density at radius 1 is 1.37 bits per heavy atom. The first-order chi connectivity index (χ1) is 9.15. The monoisotopic (exact) mass is 264 g/mol. The number of rotatable bonds is 4. The molecule has 5 nitrogen and oxygen atoms in total. The normalized spacial score (nSPS) is 18.8. The average Bonchev–Trinajstić information content (AvgIpc) is 2.84. The van der Waals surface area contributed by atoms with E-state index in [2.05, 4.69) is 0 Å². The van der Waals surface area contributed by atoms with Gasteiger partial charge in [0.1, 0.15) is 17.1 Å². The average molecular weight is 264 g/mol. The van der Waals surface area contributed by atoms with Crippen LogP contribution in [0, 0.1) is 0 Å². The van der Waals surface area contributed by atoms with Crippen molar-refractivity contribution in [2.24, 2.45) is 5.73 Å². The van der Waals surface area contributed by atoms with Crippen LogP contribution in [0.4, 0.5) is 0 Å². The maximum absolute atomic E-state index is 12.4. The highest BCUT2D eigenvalue weighted by atomic mass is 16.3. The molecule has 0 aromatic heterocycles. The van der Waals surface area contributed by atoms with Gasteiger partial charge in [-0.05, 0) is 44.4 Å². The molecule has 1 aromatic carbocycles. The molecule has 1 heterocycles. The minimum Gasteiger partial charge on any atom is -0.507 e. The molecular formula is C14H20N2O3. The third kappa shape index (κ3) is 2.81. The van der Waals surface area contributed by atoms with Gasteiger partial charge in [0.15, 0.2) is 0 Å². The predicted octanol–water partition coefficient (Wildman–Crippen LogP) is 1.44. The Labute approximate surface area is 112 Å². The lowest BCUT2D eigenvalue weighted by Crippen LogP contribution is -2.35.